The average Bonchev–Trinajstić information content (AvgIpc) is 2.76. The summed E-state index contributed by atoms with van der Waals surface area (Å²) in [4.78, 5) is 0. The zero-order chi connectivity index (χ0) is 15.4. The highest BCUT2D eigenvalue weighted by atomic mass is 16.5. The Labute approximate surface area is 132 Å². The summed E-state index contributed by atoms with van der Waals surface area (Å²) in [6, 6.07) is 6.07. The van der Waals surface area contributed by atoms with Gasteiger partial charge >= 0.3 is 0 Å². The van der Waals surface area contributed by atoms with Crippen molar-refractivity contribution in [3.8, 4) is 11.5 Å². The third-order valence-electron chi connectivity index (χ3n) is 4.98. The zero-order valence-electron chi connectivity index (χ0n) is 13.4. The molecule has 0 radical (unpaired) electrons. The van der Waals surface area contributed by atoms with E-state index in [0.29, 0.717) is 13.2 Å². The van der Waals surface area contributed by atoms with E-state index in [-0.39, 0.29) is 11.5 Å². The van der Waals surface area contributed by atoms with E-state index >= 15 is 0 Å². The van der Waals surface area contributed by atoms with Crippen molar-refractivity contribution in [3.05, 3.63) is 23.8 Å². The van der Waals surface area contributed by atoms with E-state index in [1.54, 1.807) is 0 Å². The summed E-state index contributed by atoms with van der Waals surface area (Å²) in [6.07, 6.45) is 5.11. The minimum Gasteiger partial charge on any atom is -0.490 e. The second-order valence-electron chi connectivity index (χ2n) is 6.81. The minimum atomic E-state index is -0.193. The van der Waals surface area contributed by atoms with Gasteiger partial charge in [-0.2, -0.15) is 0 Å². The van der Waals surface area contributed by atoms with E-state index in [1.807, 2.05) is 12.1 Å². The van der Waals surface area contributed by atoms with Gasteiger partial charge in [-0.25, -0.2) is 0 Å². The number of hydrogen-bond donors (Lipinski definition) is 2. The molecule has 1 aromatic carbocycles. The Morgan fingerprint density at radius 3 is 2.95 bits per heavy atom. The highest BCUT2D eigenvalue weighted by Crippen LogP contribution is 2.36. The molecule has 1 aliphatic carbocycles. The predicted octanol–water partition coefficient (Wildman–Crippen LogP) is 2.88. The fraction of sp³-hybridized carbons (Fsp3) is 0.667. The van der Waals surface area contributed by atoms with Crippen LogP contribution in [0.15, 0.2) is 18.2 Å². The molecule has 2 unspecified atom stereocenters. The molecule has 4 nitrogen and oxygen atoms in total. The first kappa shape index (κ1) is 15.6. The highest BCUT2D eigenvalue weighted by Gasteiger charge is 2.34. The second kappa shape index (κ2) is 6.88. The van der Waals surface area contributed by atoms with Crippen molar-refractivity contribution in [2.75, 3.05) is 19.8 Å². The Kier molecular flexibility index (Phi) is 4.89. The van der Waals surface area contributed by atoms with Gasteiger partial charge in [-0.1, -0.05) is 31.9 Å². The lowest BCUT2D eigenvalue weighted by Gasteiger charge is -2.38. The molecule has 2 aliphatic rings. The Balaban J connectivity index is 1.62. The number of fused-ring (bicyclic) bond motifs is 1. The van der Waals surface area contributed by atoms with Gasteiger partial charge in [0.25, 0.3) is 0 Å². The van der Waals surface area contributed by atoms with E-state index in [0.717, 1.165) is 55.8 Å². The lowest BCUT2D eigenvalue weighted by atomic mass is 9.73. The molecule has 2 atom stereocenters. The Bertz CT molecular complexity index is 505. The topological polar surface area (TPSA) is 50.7 Å². The fourth-order valence-corrected chi connectivity index (χ4v) is 3.46. The van der Waals surface area contributed by atoms with Crippen molar-refractivity contribution in [2.45, 2.75) is 51.7 Å². The van der Waals surface area contributed by atoms with Crippen LogP contribution in [0.5, 0.6) is 11.5 Å². The standard InChI is InChI=1S/C18H27NO3/c1-18(9-3-2-8-16(18)20)13-19-12-14-6-4-7-15-17(14)22-11-5-10-21-15/h4,6-7,16,19-20H,2-3,5,8-13H2,1H3. The molecule has 0 spiro atoms. The number of nitrogens with one attached hydrogen (secondary N) is 1. The van der Waals surface area contributed by atoms with Crippen molar-refractivity contribution < 1.29 is 14.6 Å². The van der Waals surface area contributed by atoms with Crippen LogP contribution >= 0.6 is 0 Å². The lowest BCUT2D eigenvalue weighted by molar-refractivity contribution is 0.00113. The summed E-state index contributed by atoms with van der Waals surface area (Å²) in [5, 5.41) is 13.8. The maximum atomic E-state index is 10.3. The smallest absolute Gasteiger partial charge is 0.165 e. The molecule has 1 saturated carbocycles. The van der Waals surface area contributed by atoms with Crippen LogP contribution in [0.1, 0.15) is 44.6 Å². The monoisotopic (exact) mass is 305 g/mol. The molecular formula is C18H27NO3. The number of aliphatic hydroxyl groups excluding tert-OH is 1. The van der Waals surface area contributed by atoms with Gasteiger partial charge in [-0.15, -0.1) is 0 Å². The minimum absolute atomic E-state index is 0.0126. The van der Waals surface area contributed by atoms with E-state index in [2.05, 4.69) is 18.3 Å². The average molecular weight is 305 g/mol. The summed E-state index contributed by atoms with van der Waals surface area (Å²) in [5.41, 5.74) is 1.12. The molecule has 0 aromatic heterocycles. The van der Waals surface area contributed by atoms with Crippen LogP contribution < -0.4 is 14.8 Å². The third-order valence-corrected chi connectivity index (χ3v) is 4.98. The maximum Gasteiger partial charge on any atom is 0.165 e. The summed E-state index contributed by atoms with van der Waals surface area (Å²) < 4.78 is 11.6. The number of benzene rings is 1. The Hall–Kier alpha value is -1.26. The molecule has 1 aliphatic heterocycles. The van der Waals surface area contributed by atoms with Crippen molar-refractivity contribution >= 4 is 0 Å². The van der Waals surface area contributed by atoms with E-state index in [4.69, 9.17) is 9.47 Å². The van der Waals surface area contributed by atoms with Gasteiger partial charge in [-0.3, -0.25) is 0 Å². The van der Waals surface area contributed by atoms with Crippen LogP contribution in [-0.2, 0) is 6.54 Å². The van der Waals surface area contributed by atoms with Crippen LogP contribution in [-0.4, -0.2) is 31.0 Å². The van der Waals surface area contributed by atoms with Gasteiger partial charge in [0.2, 0.25) is 0 Å². The van der Waals surface area contributed by atoms with Crippen molar-refractivity contribution in [3.63, 3.8) is 0 Å². The summed E-state index contributed by atoms with van der Waals surface area (Å²) in [5.74, 6) is 1.72. The SMILES string of the molecule is CC1(CNCc2cccc3c2OCCCO3)CCCCC1O. The normalized spacial score (nSPS) is 28.2. The molecule has 1 fully saturated rings. The molecule has 0 bridgehead atoms. The van der Waals surface area contributed by atoms with Crippen molar-refractivity contribution in [1.29, 1.82) is 0 Å². The molecular weight excluding hydrogens is 278 g/mol. The van der Waals surface area contributed by atoms with Gasteiger partial charge in [0.15, 0.2) is 11.5 Å². The quantitative estimate of drug-likeness (QED) is 0.898. The molecule has 1 heterocycles. The molecule has 3 rings (SSSR count). The van der Waals surface area contributed by atoms with Crippen LogP contribution in [0.25, 0.3) is 0 Å². The first-order valence-electron chi connectivity index (χ1n) is 8.45. The van der Waals surface area contributed by atoms with Crippen LogP contribution in [0, 0.1) is 5.41 Å². The molecule has 122 valence electrons. The molecule has 0 saturated heterocycles. The molecule has 4 heteroatoms. The van der Waals surface area contributed by atoms with Crippen molar-refractivity contribution in [1.82, 2.24) is 5.32 Å². The molecule has 1 aromatic rings. The summed E-state index contributed by atoms with van der Waals surface area (Å²) in [7, 11) is 0. The lowest BCUT2D eigenvalue weighted by Crippen LogP contribution is -2.43. The van der Waals surface area contributed by atoms with Crippen molar-refractivity contribution in [2.24, 2.45) is 5.41 Å². The zero-order valence-corrected chi connectivity index (χ0v) is 13.4. The Morgan fingerprint density at radius 1 is 1.23 bits per heavy atom. The predicted molar refractivity (Wildman–Crippen MR) is 86.3 cm³/mol. The second-order valence-corrected chi connectivity index (χ2v) is 6.81. The van der Waals surface area contributed by atoms with Crippen LogP contribution in [0.4, 0.5) is 0 Å². The van der Waals surface area contributed by atoms with E-state index < -0.39 is 0 Å². The van der Waals surface area contributed by atoms with Gasteiger partial charge in [0.1, 0.15) is 0 Å². The number of ether oxygens (including phenoxy) is 2. The molecule has 22 heavy (non-hydrogen) atoms. The van der Waals surface area contributed by atoms with E-state index in [1.165, 1.54) is 6.42 Å². The largest absolute Gasteiger partial charge is 0.490 e. The molecule has 0 amide bonds. The third kappa shape index (κ3) is 3.39. The first-order chi connectivity index (χ1) is 10.7. The van der Waals surface area contributed by atoms with Gasteiger partial charge in [0, 0.05) is 30.5 Å². The Morgan fingerprint density at radius 2 is 2.09 bits per heavy atom. The van der Waals surface area contributed by atoms with Gasteiger partial charge in [0.05, 0.1) is 19.3 Å². The first-order valence-corrected chi connectivity index (χ1v) is 8.45. The summed E-state index contributed by atoms with van der Waals surface area (Å²) >= 11 is 0. The van der Waals surface area contributed by atoms with Gasteiger partial charge in [-0.05, 0) is 18.9 Å². The number of para-hydroxylation sites is 1. The van der Waals surface area contributed by atoms with Crippen LogP contribution in [0.2, 0.25) is 0 Å². The summed E-state index contributed by atoms with van der Waals surface area (Å²) in [6.45, 7) is 5.19. The highest BCUT2D eigenvalue weighted by molar-refractivity contribution is 5.47. The number of hydrogen-bond acceptors (Lipinski definition) is 4. The molecule has 2 N–H and O–H groups in total. The van der Waals surface area contributed by atoms with Gasteiger partial charge < -0.3 is 19.9 Å². The van der Waals surface area contributed by atoms with E-state index in [9.17, 15) is 5.11 Å². The van der Waals surface area contributed by atoms with Crippen LogP contribution in [0.3, 0.4) is 0 Å². The fourth-order valence-electron chi connectivity index (χ4n) is 3.46. The maximum absolute atomic E-state index is 10.3. The number of rotatable bonds is 4. The number of aliphatic hydroxyl groups is 1.